The van der Waals surface area contributed by atoms with E-state index >= 15 is 0 Å². The Morgan fingerprint density at radius 2 is 1.08 bits per heavy atom. The standard InChI is InChI=1S/C11H9F13O2/c1-5(2)26-25-4-3-6(12,13)7(14,15)8(16,17)9(18,19)10(20,21)11(22,23)24/h1,3-4H2,2H3. The molecule has 0 saturated carbocycles. The average Bonchev–Trinajstić information content (AvgIpc) is 2.41. The molecule has 0 fully saturated rings. The Morgan fingerprint density at radius 1 is 0.692 bits per heavy atom. The fourth-order valence-electron chi connectivity index (χ4n) is 1.27. The Labute approximate surface area is 136 Å². The molecule has 0 radical (unpaired) electrons. The van der Waals surface area contributed by atoms with E-state index in [9.17, 15) is 57.1 Å². The van der Waals surface area contributed by atoms with E-state index in [1.165, 1.54) is 0 Å². The number of rotatable bonds is 9. The molecule has 156 valence electrons. The minimum atomic E-state index is -7.90. The van der Waals surface area contributed by atoms with Crippen molar-refractivity contribution in [2.24, 2.45) is 0 Å². The van der Waals surface area contributed by atoms with Gasteiger partial charge in [0.05, 0.1) is 6.61 Å². The molecule has 0 heterocycles. The van der Waals surface area contributed by atoms with Gasteiger partial charge >= 0.3 is 35.8 Å². The molecule has 0 aromatic rings. The first kappa shape index (κ1) is 24.6. The van der Waals surface area contributed by atoms with Gasteiger partial charge in [-0.15, -0.1) is 0 Å². The highest BCUT2D eigenvalue weighted by Crippen LogP contribution is 2.60. The van der Waals surface area contributed by atoms with Crippen molar-refractivity contribution in [2.45, 2.75) is 49.1 Å². The first-order chi connectivity index (χ1) is 11.2. The number of alkyl halides is 13. The van der Waals surface area contributed by atoms with Crippen LogP contribution in [0.3, 0.4) is 0 Å². The average molecular weight is 420 g/mol. The fraction of sp³-hybridized carbons (Fsp3) is 0.818. The summed E-state index contributed by atoms with van der Waals surface area (Å²) in [7, 11) is 0. The van der Waals surface area contributed by atoms with Gasteiger partial charge < -0.3 is 4.89 Å². The highest BCUT2D eigenvalue weighted by molar-refractivity contribution is 5.10. The van der Waals surface area contributed by atoms with Crippen molar-refractivity contribution in [3.05, 3.63) is 12.3 Å². The lowest BCUT2D eigenvalue weighted by Gasteiger charge is -2.39. The summed E-state index contributed by atoms with van der Waals surface area (Å²) < 4.78 is 165. The third kappa shape index (κ3) is 3.96. The molecule has 26 heavy (non-hydrogen) atoms. The van der Waals surface area contributed by atoms with Crippen LogP contribution in [0.15, 0.2) is 12.3 Å². The molecular formula is C11H9F13O2. The van der Waals surface area contributed by atoms with Gasteiger partial charge in [-0.25, -0.2) is 0 Å². The molecule has 0 aromatic heterocycles. The van der Waals surface area contributed by atoms with Gasteiger partial charge in [-0.1, -0.05) is 6.58 Å². The zero-order valence-corrected chi connectivity index (χ0v) is 12.4. The Morgan fingerprint density at radius 3 is 1.42 bits per heavy atom. The van der Waals surface area contributed by atoms with Crippen molar-refractivity contribution in [2.75, 3.05) is 6.61 Å². The van der Waals surface area contributed by atoms with Gasteiger partial charge in [0.25, 0.3) is 0 Å². The van der Waals surface area contributed by atoms with Gasteiger partial charge in [0.1, 0.15) is 5.76 Å². The maximum absolute atomic E-state index is 13.2. The summed E-state index contributed by atoms with van der Waals surface area (Å²) >= 11 is 0. The molecule has 0 aromatic carbocycles. The zero-order chi connectivity index (χ0) is 21.4. The quantitative estimate of drug-likeness (QED) is 0.159. The molecule has 0 rings (SSSR count). The molecule has 2 nitrogen and oxygen atoms in total. The summed E-state index contributed by atoms with van der Waals surface area (Å²) in [4.78, 5) is 7.70. The highest BCUT2D eigenvalue weighted by atomic mass is 19.4. The molecule has 0 aliphatic carbocycles. The van der Waals surface area contributed by atoms with Gasteiger partial charge in [-0.2, -0.15) is 62.0 Å². The number of allylic oxidation sites excluding steroid dienone is 1. The molecule has 0 aliphatic rings. The van der Waals surface area contributed by atoms with Crippen molar-refractivity contribution in [1.29, 1.82) is 0 Å². The van der Waals surface area contributed by atoms with Crippen LogP contribution >= 0.6 is 0 Å². The van der Waals surface area contributed by atoms with Crippen molar-refractivity contribution in [3.63, 3.8) is 0 Å². The third-order valence-corrected chi connectivity index (χ3v) is 2.70. The second-order valence-electron chi connectivity index (χ2n) is 4.86. The monoisotopic (exact) mass is 420 g/mol. The van der Waals surface area contributed by atoms with Crippen LogP contribution in [0.2, 0.25) is 0 Å². The van der Waals surface area contributed by atoms with Crippen LogP contribution in [0.5, 0.6) is 0 Å². The van der Waals surface area contributed by atoms with Crippen molar-refractivity contribution < 1.29 is 66.9 Å². The van der Waals surface area contributed by atoms with E-state index in [2.05, 4.69) is 16.4 Å². The van der Waals surface area contributed by atoms with Crippen LogP contribution in [-0.4, -0.2) is 42.4 Å². The normalized spacial score (nSPS) is 15.2. The first-order valence-electron chi connectivity index (χ1n) is 6.07. The maximum atomic E-state index is 13.2. The van der Waals surface area contributed by atoms with Crippen molar-refractivity contribution >= 4 is 0 Å². The molecule has 0 spiro atoms. The topological polar surface area (TPSA) is 18.5 Å². The first-order valence-corrected chi connectivity index (χ1v) is 6.07. The maximum Gasteiger partial charge on any atom is 0.460 e. The van der Waals surface area contributed by atoms with Crippen LogP contribution in [0.4, 0.5) is 57.1 Å². The smallest absolute Gasteiger partial charge is 0.343 e. The molecule has 0 bridgehead atoms. The lowest BCUT2D eigenvalue weighted by atomic mass is 9.93. The molecule has 15 heteroatoms. The van der Waals surface area contributed by atoms with E-state index in [-0.39, 0.29) is 5.76 Å². The number of halogens is 13. The fourth-order valence-corrected chi connectivity index (χ4v) is 1.27. The minimum Gasteiger partial charge on any atom is -0.343 e. The van der Waals surface area contributed by atoms with E-state index in [1.807, 2.05) is 0 Å². The zero-order valence-electron chi connectivity index (χ0n) is 12.4. The minimum absolute atomic E-state index is 0.332. The molecule has 0 aliphatic heterocycles. The van der Waals surface area contributed by atoms with Crippen LogP contribution in [-0.2, 0) is 9.78 Å². The van der Waals surface area contributed by atoms with Gasteiger partial charge in [0, 0.05) is 6.42 Å². The van der Waals surface area contributed by atoms with Crippen molar-refractivity contribution in [3.8, 4) is 0 Å². The summed E-state index contributed by atoms with van der Waals surface area (Å²) in [5.41, 5.74) is 0. The largest absolute Gasteiger partial charge is 0.460 e. The lowest BCUT2D eigenvalue weighted by molar-refractivity contribution is -0.441. The Bertz CT molecular complexity index is 509. The van der Waals surface area contributed by atoms with Crippen LogP contribution in [0.1, 0.15) is 13.3 Å². The van der Waals surface area contributed by atoms with E-state index in [0.29, 0.717) is 0 Å². The van der Waals surface area contributed by atoms with E-state index in [4.69, 9.17) is 0 Å². The van der Waals surface area contributed by atoms with E-state index in [0.717, 1.165) is 6.92 Å². The van der Waals surface area contributed by atoms with Crippen LogP contribution in [0, 0.1) is 0 Å². The van der Waals surface area contributed by atoms with Gasteiger partial charge in [-0.05, 0) is 6.92 Å². The summed E-state index contributed by atoms with van der Waals surface area (Å²) in [6, 6.07) is 0. The Balaban J connectivity index is 5.74. The molecule has 0 atom stereocenters. The molecule has 0 saturated heterocycles. The second kappa shape index (κ2) is 6.96. The Hall–Kier alpha value is -1.41. The SMILES string of the molecule is C=C(C)OOCCC(F)(F)C(F)(F)C(F)(F)C(F)(F)C(F)(F)C(F)(F)F. The number of hydrogen-bond donors (Lipinski definition) is 0. The molecular weight excluding hydrogens is 411 g/mol. The number of hydrogen-bond acceptors (Lipinski definition) is 2. The Kier molecular flexibility index (Phi) is 6.58. The van der Waals surface area contributed by atoms with Crippen LogP contribution in [0.25, 0.3) is 0 Å². The third-order valence-electron chi connectivity index (χ3n) is 2.70. The molecule has 0 amide bonds. The molecule has 0 N–H and O–H groups in total. The van der Waals surface area contributed by atoms with Gasteiger partial charge in [-0.3, -0.25) is 0 Å². The van der Waals surface area contributed by atoms with Crippen LogP contribution < -0.4 is 0 Å². The predicted molar refractivity (Wildman–Crippen MR) is 57.3 cm³/mol. The highest BCUT2D eigenvalue weighted by Gasteiger charge is 2.90. The van der Waals surface area contributed by atoms with Crippen molar-refractivity contribution in [1.82, 2.24) is 0 Å². The summed E-state index contributed by atoms with van der Waals surface area (Å²) in [6.07, 6.45) is -9.92. The lowest BCUT2D eigenvalue weighted by Crippen LogP contribution is -2.70. The van der Waals surface area contributed by atoms with Gasteiger partial charge in [0.15, 0.2) is 0 Å². The van der Waals surface area contributed by atoms with Gasteiger partial charge in [0.2, 0.25) is 0 Å². The summed E-state index contributed by atoms with van der Waals surface area (Å²) in [5, 5.41) is 0. The van der Waals surface area contributed by atoms with E-state index in [1.54, 1.807) is 0 Å². The summed E-state index contributed by atoms with van der Waals surface area (Å²) in [5.74, 6) is -37.3. The second-order valence-corrected chi connectivity index (χ2v) is 4.86. The molecule has 0 unspecified atom stereocenters. The summed E-state index contributed by atoms with van der Waals surface area (Å²) in [6.45, 7) is 2.38. The van der Waals surface area contributed by atoms with E-state index < -0.39 is 48.8 Å². The predicted octanol–water partition coefficient (Wildman–Crippen LogP) is 5.60.